The van der Waals surface area contributed by atoms with E-state index in [0.717, 1.165) is 4.90 Å². The number of aliphatic hydroxyl groups excluding tert-OH is 1. The number of nitrogens with zero attached hydrogens (tertiary/aromatic N) is 1. The molecule has 0 aromatic carbocycles. The van der Waals surface area contributed by atoms with Gasteiger partial charge in [-0.05, 0) is 20.8 Å². The number of ether oxygens (including phenoxy) is 1. The number of carbonyl (C=O) groups excluding carboxylic acids is 3. The van der Waals surface area contributed by atoms with Crippen LogP contribution in [0.1, 0.15) is 27.2 Å². The minimum absolute atomic E-state index is 0.0357. The van der Waals surface area contributed by atoms with Gasteiger partial charge in [-0.2, -0.15) is 0 Å². The number of carbonyl (C=O) groups is 3. The molecule has 1 unspecified atom stereocenters. The highest BCUT2D eigenvalue weighted by molar-refractivity contribution is 6.04. The summed E-state index contributed by atoms with van der Waals surface area (Å²) >= 11 is 0. The molecule has 1 aliphatic heterocycles. The number of rotatable bonds is 3. The first-order chi connectivity index (χ1) is 8.20. The van der Waals surface area contributed by atoms with Gasteiger partial charge in [-0.1, -0.05) is 0 Å². The van der Waals surface area contributed by atoms with Crippen molar-refractivity contribution in [3.63, 3.8) is 0 Å². The van der Waals surface area contributed by atoms with Crippen molar-refractivity contribution >= 4 is 17.9 Å². The van der Waals surface area contributed by atoms with E-state index in [1.54, 1.807) is 20.8 Å². The Labute approximate surface area is 105 Å². The van der Waals surface area contributed by atoms with Crippen molar-refractivity contribution in [2.45, 2.75) is 38.9 Å². The Bertz CT molecular complexity index is 361. The molecule has 7 heteroatoms. The molecule has 1 heterocycles. The minimum atomic E-state index is -1.25. The summed E-state index contributed by atoms with van der Waals surface area (Å²) in [5.41, 5.74) is -0.598. The second-order valence-corrected chi connectivity index (χ2v) is 5.03. The van der Waals surface area contributed by atoms with Crippen LogP contribution in [0.15, 0.2) is 0 Å². The molecule has 0 radical (unpaired) electrons. The van der Waals surface area contributed by atoms with Crippen LogP contribution in [0.25, 0.3) is 0 Å². The van der Waals surface area contributed by atoms with Crippen molar-refractivity contribution < 1.29 is 24.2 Å². The van der Waals surface area contributed by atoms with Gasteiger partial charge in [0.25, 0.3) is 5.91 Å². The number of amides is 3. The number of nitrogens with one attached hydrogen (secondary N) is 1. The van der Waals surface area contributed by atoms with E-state index in [0.29, 0.717) is 0 Å². The highest BCUT2D eigenvalue weighted by Crippen LogP contribution is 2.11. The minimum Gasteiger partial charge on any atom is -0.444 e. The maximum atomic E-state index is 11.3. The Balaban J connectivity index is 2.32. The van der Waals surface area contributed by atoms with Crippen LogP contribution in [-0.2, 0) is 14.3 Å². The standard InChI is InChI=1S/C11H18N2O5/c1-11(2,3)18-10(17)12-4-5-13-8(15)6-7(14)9(13)16/h7,14H,4-6H2,1-3H3,(H,12,17). The highest BCUT2D eigenvalue weighted by Gasteiger charge is 2.36. The summed E-state index contributed by atoms with van der Waals surface area (Å²) in [5, 5.41) is 11.6. The lowest BCUT2D eigenvalue weighted by Gasteiger charge is -2.20. The molecule has 1 aliphatic rings. The van der Waals surface area contributed by atoms with E-state index in [9.17, 15) is 19.5 Å². The van der Waals surface area contributed by atoms with Gasteiger partial charge >= 0.3 is 6.09 Å². The zero-order valence-corrected chi connectivity index (χ0v) is 10.7. The molecule has 1 saturated heterocycles. The van der Waals surface area contributed by atoms with E-state index in [2.05, 4.69) is 5.32 Å². The monoisotopic (exact) mass is 258 g/mol. The van der Waals surface area contributed by atoms with Crippen molar-refractivity contribution in [1.82, 2.24) is 10.2 Å². The smallest absolute Gasteiger partial charge is 0.407 e. The van der Waals surface area contributed by atoms with Crippen LogP contribution >= 0.6 is 0 Å². The zero-order chi connectivity index (χ0) is 13.9. The van der Waals surface area contributed by atoms with Crippen LogP contribution in [-0.4, -0.2) is 52.7 Å². The molecule has 0 aliphatic carbocycles. The van der Waals surface area contributed by atoms with Crippen molar-refractivity contribution in [3.8, 4) is 0 Å². The Morgan fingerprint density at radius 2 is 2.11 bits per heavy atom. The summed E-state index contributed by atoms with van der Waals surface area (Å²) in [5.74, 6) is -1.05. The van der Waals surface area contributed by atoms with Gasteiger partial charge in [0.05, 0.1) is 6.42 Å². The molecule has 3 amide bonds. The summed E-state index contributed by atoms with van der Waals surface area (Å²) in [6, 6.07) is 0. The van der Waals surface area contributed by atoms with E-state index in [1.165, 1.54) is 0 Å². The molecule has 102 valence electrons. The normalized spacial score (nSPS) is 20.2. The van der Waals surface area contributed by atoms with Gasteiger partial charge in [0, 0.05) is 13.1 Å². The fourth-order valence-corrected chi connectivity index (χ4v) is 1.48. The molecule has 1 atom stereocenters. The fourth-order valence-electron chi connectivity index (χ4n) is 1.48. The maximum Gasteiger partial charge on any atom is 0.407 e. The number of likely N-dealkylation sites (tertiary alicyclic amines) is 1. The molecular weight excluding hydrogens is 240 g/mol. The molecule has 0 saturated carbocycles. The quantitative estimate of drug-likeness (QED) is 0.673. The summed E-state index contributed by atoms with van der Waals surface area (Å²) < 4.78 is 4.99. The van der Waals surface area contributed by atoms with Crippen molar-refractivity contribution in [2.75, 3.05) is 13.1 Å². The molecule has 0 bridgehead atoms. The fraction of sp³-hybridized carbons (Fsp3) is 0.727. The lowest BCUT2D eigenvalue weighted by molar-refractivity contribution is -0.140. The Kier molecular flexibility index (Phi) is 4.28. The Hall–Kier alpha value is -1.63. The van der Waals surface area contributed by atoms with Crippen LogP contribution in [0, 0.1) is 0 Å². The first-order valence-electron chi connectivity index (χ1n) is 5.70. The summed E-state index contributed by atoms with van der Waals surface area (Å²) in [6.45, 7) is 5.33. The van der Waals surface area contributed by atoms with Gasteiger partial charge in [0.1, 0.15) is 11.7 Å². The second-order valence-electron chi connectivity index (χ2n) is 5.03. The molecule has 2 N–H and O–H groups in total. The number of alkyl carbamates (subject to hydrolysis) is 1. The third-order valence-electron chi connectivity index (χ3n) is 2.22. The topological polar surface area (TPSA) is 95.9 Å². The largest absolute Gasteiger partial charge is 0.444 e. The van der Waals surface area contributed by atoms with Gasteiger partial charge in [-0.25, -0.2) is 4.79 Å². The van der Waals surface area contributed by atoms with E-state index >= 15 is 0 Å². The Morgan fingerprint density at radius 3 is 2.56 bits per heavy atom. The molecule has 0 aromatic heterocycles. The summed E-state index contributed by atoms with van der Waals surface area (Å²) in [6.07, 6.45) is -2.05. The van der Waals surface area contributed by atoms with Gasteiger partial charge in [-0.3, -0.25) is 14.5 Å². The number of hydrogen-bond donors (Lipinski definition) is 2. The molecule has 0 aromatic rings. The lowest BCUT2D eigenvalue weighted by Crippen LogP contribution is -2.40. The molecule has 0 spiro atoms. The van der Waals surface area contributed by atoms with Crippen LogP contribution < -0.4 is 5.32 Å². The predicted molar refractivity (Wildman–Crippen MR) is 61.6 cm³/mol. The summed E-state index contributed by atoms with van der Waals surface area (Å²) in [4.78, 5) is 34.9. The van der Waals surface area contributed by atoms with Gasteiger partial charge < -0.3 is 15.2 Å². The second kappa shape index (κ2) is 5.34. The average molecular weight is 258 g/mol. The van der Waals surface area contributed by atoms with Crippen LogP contribution in [0.2, 0.25) is 0 Å². The van der Waals surface area contributed by atoms with E-state index in [4.69, 9.17) is 4.74 Å². The lowest BCUT2D eigenvalue weighted by atomic mass is 10.2. The molecule has 7 nitrogen and oxygen atoms in total. The number of aliphatic hydroxyl groups is 1. The van der Waals surface area contributed by atoms with Crippen molar-refractivity contribution in [1.29, 1.82) is 0 Å². The maximum absolute atomic E-state index is 11.3. The molecule has 1 fully saturated rings. The molecule has 18 heavy (non-hydrogen) atoms. The van der Waals surface area contributed by atoms with Crippen molar-refractivity contribution in [3.05, 3.63) is 0 Å². The van der Waals surface area contributed by atoms with Crippen LogP contribution in [0.5, 0.6) is 0 Å². The van der Waals surface area contributed by atoms with Gasteiger partial charge in [0.15, 0.2) is 0 Å². The molecule has 1 rings (SSSR count). The summed E-state index contributed by atoms with van der Waals surface area (Å²) in [7, 11) is 0. The zero-order valence-electron chi connectivity index (χ0n) is 10.7. The third-order valence-corrected chi connectivity index (χ3v) is 2.22. The SMILES string of the molecule is CC(C)(C)OC(=O)NCCN1C(=O)CC(O)C1=O. The van der Waals surface area contributed by atoms with Crippen LogP contribution in [0.4, 0.5) is 4.79 Å². The molecular formula is C11H18N2O5. The van der Waals surface area contributed by atoms with Crippen LogP contribution in [0.3, 0.4) is 0 Å². The Morgan fingerprint density at radius 1 is 1.50 bits per heavy atom. The first-order valence-corrected chi connectivity index (χ1v) is 5.70. The first kappa shape index (κ1) is 14.4. The van der Waals surface area contributed by atoms with Crippen molar-refractivity contribution in [2.24, 2.45) is 0 Å². The predicted octanol–water partition coefficient (Wildman–Crippen LogP) is -0.369. The van der Waals surface area contributed by atoms with E-state index in [-0.39, 0.29) is 19.5 Å². The van der Waals surface area contributed by atoms with Gasteiger partial charge in [0.2, 0.25) is 5.91 Å². The third kappa shape index (κ3) is 3.99. The van der Waals surface area contributed by atoms with E-state index in [1.807, 2.05) is 0 Å². The van der Waals surface area contributed by atoms with Gasteiger partial charge in [-0.15, -0.1) is 0 Å². The number of imide groups is 1. The van der Waals surface area contributed by atoms with E-state index < -0.39 is 29.6 Å². The average Bonchev–Trinajstić information content (AvgIpc) is 2.41. The number of hydrogen-bond acceptors (Lipinski definition) is 5. The highest BCUT2D eigenvalue weighted by atomic mass is 16.6.